The van der Waals surface area contributed by atoms with E-state index < -0.39 is 17.9 Å². The van der Waals surface area contributed by atoms with Crippen LogP contribution < -0.4 is 5.32 Å². The van der Waals surface area contributed by atoms with Gasteiger partial charge in [-0.1, -0.05) is 0 Å². The van der Waals surface area contributed by atoms with Crippen molar-refractivity contribution >= 4 is 11.9 Å². The molecule has 92 valence electrons. The average molecular weight is 231 g/mol. The summed E-state index contributed by atoms with van der Waals surface area (Å²) in [5.41, 5.74) is 0. The molecule has 1 fully saturated rings. The quantitative estimate of drug-likeness (QED) is 0.682. The van der Waals surface area contributed by atoms with E-state index in [-0.39, 0.29) is 12.7 Å². The minimum absolute atomic E-state index is 0.0413. The van der Waals surface area contributed by atoms with Crippen molar-refractivity contribution in [3.05, 3.63) is 0 Å². The van der Waals surface area contributed by atoms with Gasteiger partial charge in [0.2, 0.25) is 5.91 Å². The zero-order chi connectivity index (χ0) is 12.0. The molecule has 1 atom stereocenters. The fourth-order valence-electron chi connectivity index (χ4n) is 1.38. The van der Waals surface area contributed by atoms with Crippen molar-refractivity contribution < 1.29 is 24.2 Å². The SMILES string of the molecule is CC(NC(=O)COC1CCOCC1)C(=O)O. The second-order valence-electron chi connectivity index (χ2n) is 3.75. The van der Waals surface area contributed by atoms with Crippen LogP contribution in [0.1, 0.15) is 19.8 Å². The van der Waals surface area contributed by atoms with E-state index in [1.165, 1.54) is 6.92 Å². The standard InChI is InChI=1S/C10H17NO5/c1-7(10(13)14)11-9(12)6-16-8-2-4-15-5-3-8/h7-8H,2-6H2,1H3,(H,11,12)(H,13,14). The maximum absolute atomic E-state index is 11.3. The summed E-state index contributed by atoms with van der Waals surface area (Å²) in [5, 5.41) is 10.9. The summed E-state index contributed by atoms with van der Waals surface area (Å²) >= 11 is 0. The molecule has 1 aliphatic heterocycles. The molecule has 0 aromatic carbocycles. The summed E-state index contributed by atoms with van der Waals surface area (Å²) in [6.45, 7) is 2.62. The first-order valence-corrected chi connectivity index (χ1v) is 5.31. The Morgan fingerprint density at radius 1 is 1.50 bits per heavy atom. The van der Waals surface area contributed by atoms with Crippen LogP contribution in [-0.2, 0) is 19.1 Å². The molecule has 0 aromatic heterocycles. The highest BCUT2D eigenvalue weighted by atomic mass is 16.5. The van der Waals surface area contributed by atoms with Crippen LogP contribution in [0.15, 0.2) is 0 Å². The van der Waals surface area contributed by atoms with Gasteiger partial charge < -0.3 is 19.9 Å². The number of hydrogen-bond acceptors (Lipinski definition) is 4. The molecule has 0 spiro atoms. The molecule has 1 rings (SSSR count). The molecule has 0 aliphatic carbocycles. The Morgan fingerprint density at radius 3 is 2.69 bits per heavy atom. The lowest BCUT2D eigenvalue weighted by Gasteiger charge is -2.22. The van der Waals surface area contributed by atoms with E-state index in [0.29, 0.717) is 13.2 Å². The highest BCUT2D eigenvalue weighted by Gasteiger charge is 2.17. The van der Waals surface area contributed by atoms with Gasteiger partial charge in [0.05, 0.1) is 6.10 Å². The van der Waals surface area contributed by atoms with E-state index >= 15 is 0 Å². The first-order valence-electron chi connectivity index (χ1n) is 5.31. The van der Waals surface area contributed by atoms with Gasteiger partial charge in [-0.2, -0.15) is 0 Å². The Bertz CT molecular complexity index is 250. The molecule has 1 saturated heterocycles. The van der Waals surface area contributed by atoms with Crippen LogP contribution in [0.3, 0.4) is 0 Å². The zero-order valence-electron chi connectivity index (χ0n) is 9.27. The lowest BCUT2D eigenvalue weighted by Crippen LogP contribution is -2.41. The lowest BCUT2D eigenvalue weighted by atomic mass is 10.1. The summed E-state index contributed by atoms with van der Waals surface area (Å²) in [5.74, 6) is -1.46. The minimum atomic E-state index is -1.06. The number of carboxylic acid groups (broad SMARTS) is 1. The predicted octanol–water partition coefficient (Wildman–Crippen LogP) is -0.229. The summed E-state index contributed by atoms with van der Waals surface area (Å²) in [4.78, 5) is 21.7. The van der Waals surface area contributed by atoms with Gasteiger partial charge >= 0.3 is 5.97 Å². The summed E-state index contributed by atoms with van der Waals surface area (Å²) in [6, 6.07) is -0.884. The van der Waals surface area contributed by atoms with E-state index in [9.17, 15) is 9.59 Å². The normalized spacial score (nSPS) is 19.1. The third-order valence-corrected chi connectivity index (χ3v) is 2.37. The number of rotatable bonds is 5. The molecule has 16 heavy (non-hydrogen) atoms. The topological polar surface area (TPSA) is 84.9 Å². The van der Waals surface area contributed by atoms with Crippen LogP contribution in [-0.4, -0.2) is 48.9 Å². The number of nitrogens with one attached hydrogen (secondary N) is 1. The molecule has 1 amide bonds. The van der Waals surface area contributed by atoms with E-state index in [0.717, 1.165) is 12.8 Å². The number of hydrogen-bond donors (Lipinski definition) is 2. The van der Waals surface area contributed by atoms with Crippen molar-refractivity contribution in [2.24, 2.45) is 0 Å². The van der Waals surface area contributed by atoms with Crippen molar-refractivity contribution in [3.63, 3.8) is 0 Å². The summed E-state index contributed by atoms with van der Waals surface area (Å²) in [7, 11) is 0. The number of amides is 1. The van der Waals surface area contributed by atoms with Crippen LogP contribution in [0.2, 0.25) is 0 Å². The van der Waals surface area contributed by atoms with E-state index in [2.05, 4.69) is 5.32 Å². The van der Waals surface area contributed by atoms with Gasteiger partial charge in [-0.3, -0.25) is 9.59 Å². The maximum atomic E-state index is 11.3. The molecule has 0 bridgehead atoms. The van der Waals surface area contributed by atoms with Crippen LogP contribution in [0, 0.1) is 0 Å². The first kappa shape index (κ1) is 12.9. The summed E-state index contributed by atoms with van der Waals surface area (Å²) < 4.78 is 10.5. The van der Waals surface area contributed by atoms with Gasteiger partial charge in [-0.05, 0) is 19.8 Å². The maximum Gasteiger partial charge on any atom is 0.325 e. The molecule has 1 heterocycles. The van der Waals surface area contributed by atoms with Crippen LogP contribution in [0.5, 0.6) is 0 Å². The number of ether oxygens (including phenoxy) is 2. The van der Waals surface area contributed by atoms with Gasteiger partial charge in [0.25, 0.3) is 0 Å². The van der Waals surface area contributed by atoms with Crippen LogP contribution >= 0.6 is 0 Å². The van der Waals surface area contributed by atoms with E-state index in [1.54, 1.807) is 0 Å². The molecule has 1 unspecified atom stereocenters. The number of carboxylic acids is 1. The van der Waals surface area contributed by atoms with Crippen molar-refractivity contribution in [2.45, 2.75) is 31.9 Å². The van der Waals surface area contributed by atoms with Gasteiger partial charge in [-0.25, -0.2) is 0 Å². The minimum Gasteiger partial charge on any atom is -0.480 e. The molecular weight excluding hydrogens is 214 g/mol. The average Bonchev–Trinajstić information content (AvgIpc) is 2.27. The molecule has 0 radical (unpaired) electrons. The highest BCUT2D eigenvalue weighted by Crippen LogP contribution is 2.09. The van der Waals surface area contributed by atoms with Crippen molar-refractivity contribution in [1.82, 2.24) is 5.32 Å². The number of carbonyl (C=O) groups is 2. The van der Waals surface area contributed by atoms with Gasteiger partial charge in [0, 0.05) is 13.2 Å². The Hall–Kier alpha value is -1.14. The van der Waals surface area contributed by atoms with E-state index in [1.807, 2.05) is 0 Å². The fraction of sp³-hybridized carbons (Fsp3) is 0.800. The largest absolute Gasteiger partial charge is 0.480 e. The van der Waals surface area contributed by atoms with Gasteiger partial charge in [0.15, 0.2) is 0 Å². The second-order valence-corrected chi connectivity index (χ2v) is 3.75. The Morgan fingerprint density at radius 2 is 2.12 bits per heavy atom. The van der Waals surface area contributed by atoms with Crippen LogP contribution in [0.4, 0.5) is 0 Å². The van der Waals surface area contributed by atoms with Crippen molar-refractivity contribution in [1.29, 1.82) is 0 Å². The monoisotopic (exact) mass is 231 g/mol. The Balaban J connectivity index is 2.16. The fourth-order valence-corrected chi connectivity index (χ4v) is 1.38. The van der Waals surface area contributed by atoms with Crippen molar-refractivity contribution in [2.75, 3.05) is 19.8 Å². The van der Waals surface area contributed by atoms with Gasteiger partial charge in [-0.15, -0.1) is 0 Å². The number of carbonyl (C=O) groups excluding carboxylic acids is 1. The molecule has 0 aromatic rings. The Labute approximate surface area is 93.9 Å². The molecular formula is C10H17NO5. The third kappa shape index (κ3) is 4.59. The molecule has 1 aliphatic rings. The third-order valence-electron chi connectivity index (χ3n) is 2.37. The van der Waals surface area contributed by atoms with Crippen molar-refractivity contribution in [3.8, 4) is 0 Å². The Kier molecular flexibility index (Phi) is 5.21. The number of aliphatic carboxylic acids is 1. The molecule has 6 nitrogen and oxygen atoms in total. The van der Waals surface area contributed by atoms with Gasteiger partial charge in [0.1, 0.15) is 12.6 Å². The predicted molar refractivity (Wildman–Crippen MR) is 55.0 cm³/mol. The molecule has 6 heteroatoms. The highest BCUT2D eigenvalue weighted by molar-refractivity contribution is 5.83. The molecule has 2 N–H and O–H groups in total. The van der Waals surface area contributed by atoms with Crippen LogP contribution in [0.25, 0.3) is 0 Å². The zero-order valence-corrected chi connectivity index (χ0v) is 9.27. The smallest absolute Gasteiger partial charge is 0.325 e. The lowest BCUT2D eigenvalue weighted by molar-refractivity contribution is -0.142. The van der Waals surface area contributed by atoms with E-state index in [4.69, 9.17) is 14.6 Å². The second kappa shape index (κ2) is 6.44. The molecule has 0 saturated carbocycles. The summed E-state index contributed by atoms with van der Waals surface area (Å²) in [6.07, 6.45) is 1.60. The first-order chi connectivity index (χ1) is 7.59.